The molecule has 1 aromatic carbocycles. The van der Waals surface area contributed by atoms with Gasteiger partial charge in [0.25, 0.3) is 0 Å². The number of aromatic nitrogens is 2. The molecule has 0 saturated carbocycles. The quantitative estimate of drug-likeness (QED) is 0.727. The first-order chi connectivity index (χ1) is 14.2. The molecule has 1 amide bonds. The number of ether oxygens (including phenoxy) is 1. The summed E-state index contributed by atoms with van der Waals surface area (Å²) in [5.74, 6) is 2.62. The van der Waals surface area contributed by atoms with Gasteiger partial charge in [0.1, 0.15) is 11.6 Å². The summed E-state index contributed by atoms with van der Waals surface area (Å²) in [5.41, 5.74) is 0.980. The summed E-state index contributed by atoms with van der Waals surface area (Å²) in [6, 6.07) is 9.62. The van der Waals surface area contributed by atoms with Crippen LogP contribution in [0.1, 0.15) is 18.4 Å². The Hall–Kier alpha value is -3.09. The molecular weight excluding hydrogens is 366 g/mol. The van der Waals surface area contributed by atoms with Gasteiger partial charge in [0.2, 0.25) is 11.9 Å². The maximum Gasteiger partial charge on any atom is 0.246 e. The molecule has 2 aromatic rings. The fourth-order valence-electron chi connectivity index (χ4n) is 3.73. The van der Waals surface area contributed by atoms with Crippen molar-refractivity contribution < 1.29 is 9.53 Å². The van der Waals surface area contributed by atoms with Gasteiger partial charge in [0, 0.05) is 51.5 Å². The highest BCUT2D eigenvalue weighted by atomic mass is 16.5. The third kappa shape index (κ3) is 4.67. The molecule has 2 aliphatic heterocycles. The number of rotatable bonds is 5. The first-order valence-corrected chi connectivity index (χ1v) is 10.2. The number of amides is 1. The standard InChI is InChI=1S/C22H27N5O2/c1-29-19-7-4-18(5-8-19)6-9-21(28)26-16-14-25(15-17-26)20-10-11-23-22(24-20)27-12-2-3-13-27/h4-11H,2-3,12-17H2,1H3/b9-6+. The number of benzene rings is 1. The highest BCUT2D eigenvalue weighted by Crippen LogP contribution is 2.20. The molecule has 4 rings (SSSR count). The highest BCUT2D eigenvalue weighted by molar-refractivity contribution is 5.92. The van der Waals surface area contributed by atoms with Gasteiger partial charge in [-0.05, 0) is 42.7 Å². The van der Waals surface area contributed by atoms with E-state index in [1.807, 2.05) is 47.5 Å². The lowest BCUT2D eigenvalue weighted by Crippen LogP contribution is -2.48. The first-order valence-electron chi connectivity index (χ1n) is 10.2. The minimum atomic E-state index is 0.0425. The van der Waals surface area contributed by atoms with Crippen molar-refractivity contribution in [3.05, 3.63) is 48.2 Å². The van der Waals surface area contributed by atoms with Crippen LogP contribution in [0.25, 0.3) is 6.08 Å². The van der Waals surface area contributed by atoms with Gasteiger partial charge >= 0.3 is 0 Å². The predicted octanol–water partition coefficient (Wildman–Crippen LogP) is 2.45. The summed E-state index contributed by atoms with van der Waals surface area (Å²) in [5, 5.41) is 0. The van der Waals surface area contributed by atoms with Crippen LogP contribution in [0.5, 0.6) is 5.75 Å². The molecule has 0 bridgehead atoms. The zero-order chi connectivity index (χ0) is 20.1. The number of anilines is 2. The highest BCUT2D eigenvalue weighted by Gasteiger charge is 2.22. The van der Waals surface area contributed by atoms with Crippen molar-refractivity contribution in [2.45, 2.75) is 12.8 Å². The van der Waals surface area contributed by atoms with E-state index in [0.29, 0.717) is 13.1 Å². The van der Waals surface area contributed by atoms with Crippen LogP contribution in [0.4, 0.5) is 11.8 Å². The van der Waals surface area contributed by atoms with Crippen molar-refractivity contribution in [1.29, 1.82) is 0 Å². The molecule has 0 spiro atoms. The maximum absolute atomic E-state index is 12.5. The summed E-state index contributed by atoms with van der Waals surface area (Å²) in [4.78, 5) is 28.1. The van der Waals surface area contributed by atoms with E-state index in [4.69, 9.17) is 9.72 Å². The van der Waals surface area contributed by atoms with Crippen molar-refractivity contribution in [3.8, 4) is 5.75 Å². The van der Waals surface area contributed by atoms with Gasteiger partial charge in [0.15, 0.2) is 0 Å². The van der Waals surface area contributed by atoms with E-state index in [-0.39, 0.29) is 5.91 Å². The van der Waals surface area contributed by atoms with E-state index in [2.05, 4.69) is 14.8 Å². The summed E-state index contributed by atoms with van der Waals surface area (Å²) in [7, 11) is 1.64. The lowest BCUT2D eigenvalue weighted by atomic mass is 10.2. The Morgan fingerprint density at radius 3 is 2.38 bits per heavy atom. The van der Waals surface area contributed by atoms with Crippen molar-refractivity contribution >= 4 is 23.7 Å². The third-order valence-electron chi connectivity index (χ3n) is 5.47. The smallest absolute Gasteiger partial charge is 0.246 e. The second kappa shape index (κ2) is 8.94. The van der Waals surface area contributed by atoms with E-state index in [0.717, 1.165) is 49.3 Å². The molecule has 29 heavy (non-hydrogen) atoms. The van der Waals surface area contributed by atoms with Crippen LogP contribution in [0, 0.1) is 0 Å². The maximum atomic E-state index is 12.5. The van der Waals surface area contributed by atoms with Crippen LogP contribution < -0.4 is 14.5 Å². The van der Waals surface area contributed by atoms with Gasteiger partial charge in [-0.2, -0.15) is 4.98 Å². The molecule has 7 heteroatoms. The molecule has 2 saturated heterocycles. The Bertz CT molecular complexity index is 854. The lowest BCUT2D eigenvalue weighted by molar-refractivity contribution is -0.126. The van der Waals surface area contributed by atoms with Gasteiger partial charge in [-0.25, -0.2) is 4.98 Å². The molecular formula is C22H27N5O2. The van der Waals surface area contributed by atoms with Crippen LogP contribution in [0.2, 0.25) is 0 Å². The van der Waals surface area contributed by atoms with Crippen LogP contribution in [0.15, 0.2) is 42.6 Å². The zero-order valence-corrected chi connectivity index (χ0v) is 16.8. The van der Waals surface area contributed by atoms with E-state index >= 15 is 0 Å². The number of piperazine rings is 1. The Morgan fingerprint density at radius 1 is 0.966 bits per heavy atom. The van der Waals surface area contributed by atoms with E-state index in [1.54, 1.807) is 13.2 Å². The normalized spacial score (nSPS) is 17.2. The molecule has 0 atom stereocenters. The minimum absolute atomic E-state index is 0.0425. The second-order valence-corrected chi connectivity index (χ2v) is 7.33. The summed E-state index contributed by atoms with van der Waals surface area (Å²) < 4.78 is 5.16. The summed E-state index contributed by atoms with van der Waals surface area (Å²) in [6.07, 6.45) is 7.75. The van der Waals surface area contributed by atoms with Gasteiger partial charge in [-0.1, -0.05) is 12.1 Å². The van der Waals surface area contributed by atoms with E-state index < -0.39 is 0 Å². The fourth-order valence-corrected chi connectivity index (χ4v) is 3.73. The Morgan fingerprint density at radius 2 is 1.69 bits per heavy atom. The number of hydrogen-bond donors (Lipinski definition) is 0. The van der Waals surface area contributed by atoms with Gasteiger partial charge in [0.05, 0.1) is 7.11 Å². The Kier molecular flexibility index (Phi) is 5.93. The molecule has 2 fully saturated rings. The summed E-state index contributed by atoms with van der Waals surface area (Å²) >= 11 is 0. The fraction of sp³-hybridized carbons (Fsp3) is 0.409. The number of methoxy groups -OCH3 is 1. The molecule has 0 unspecified atom stereocenters. The largest absolute Gasteiger partial charge is 0.497 e. The monoisotopic (exact) mass is 393 g/mol. The zero-order valence-electron chi connectivity index (χ0n) is 16.8. The van der Waals surface area contributed by atoms with E-state index in [1.165, 1.54) is 12.8 Å². The van der Waals surface area contributed by atoms with Crippen molar-refractivity contribution in [1.82, 2.24) is 14.9 Å². The molecule has 1 aromatic heterocycles. The molecule has 152 valence electrons. The second-order valence-electron chi connectivity index (χ2n) is 7.33. The van der Waals surface area contributed by atoms with Crippen molar-refractivity contribution in [3.63, 3.8) is 0 Å². The van der Waals surface area contributed by atoms with Crippen molar-refractivity contribution in [2.75, 3.05) is 56.2 Å². The van der Waals surface area contributed by atoms with Crippen LogP contribution in [-0.2, 0) is 4.79 Å². The molecule has 0 N–H and O–H groups in total. The number of hydrogen-bond acceptors (Lipinski definition) is 6. The van der Waals surface area contributed by atoms with Crippen LogP contribution in [-0.4, -0.2) is 67.2 Å². The van der Waals surface area contributed by atoms with Gasteiger partial charge in [-0.3, -0.25) is 4.79 Å². The average molecular weight is 393 g/mol. The predicted molar refractivity (Wildman–Crippen MR) is 114 cm³/mol. The minimum Gasteiger partial charge on any atom is -0.497 e. The number of carbonyl (C=O) groups excluding carboxylic acids is 1. The average Bonchev–Trinajstić information content (AvgIpc) is 3.33. The molecule has 3 heterocycles. The number of nitrogens with zero attached hydrogens (tertiary/aromatic N) is 5. The SMILES string of the molecule is COc1ccc(/C=C/C(=O)N2CCN(c3ccnc(N4CCCC4)n3)CC2)cc1. The van der Waals surface area contributed by atoms with Gasteiger partial charge < -0.3 is 19.4 Å². The Balaban J connectivity index is 1.32. The van der Waals surface area contributed by atoms with E-state index in [9.17, 15) is 4.79 Å². The Labute approximate surface area is 171 Å². The molecule has 7 nitrogen and oxygen atoms in total. The van der Waals surface area contributed by atoms with Crippen LogP contribution in [0.3, 0.4) is 0 Å². The molecule has 0 radical (unpaired) electrons. The lowest BCUT2D eigenvalue weighted by Gasteiger charge is -2.35. The topological polar surface area (TPSA) is 61.8 Å². The first kappa shape index (κ1) is 19.2. The van der Waals surface area contributed by atoms with Crippen LogP contribution >= 0.6 is 0 Å². The third-order valence-corrected chi connectivity index (χ3v) is 5.47. The molecule has 0 aliphatic carbocycles. The van der Waals surface area contributed by atoms with Crippen molar-refractivity contribution in [2.24, 2.45) is 0 Å². The number of carbonyl (C=O) groups is 1. The van der Waals surface area contributed by atoms with Gasteiger partial charge in [-0.15, -0.1) is 0 Å². The summed E-state index contributed by atoms with van der Waals surface area (Å²) in [6.45, 7) is 5.00. The molecule has 2 aliphatic rings.